The largest absolute Gasteiger partial charge is 0.358 e. The predicted octanol–water partition coefficient (Wildman–Crippen LogP) is 2.67. The van der Waals surface area contributed by atoms with Crippen LogP contribution in [-0.4, -0.2) is 67.7 Å². The summed E-state index contributed by atoms with van der Waals surface area (Å²) in [6.07, 6.45) is 6.67. The number of fused-ring (bicyclic) bond motifs is 2. The first-order valence-electron chi connectivity index (χ1n) is 12.4. The number of hydrogen-bond acceptors (Lipinski definition) is 7. The molecule has 35 heavy (non-hydrogen) atoms. The SMILES string of the molecule is O=C(CC1CCN(C(=O)c2cnc(NC3Cc4ccccc4C3)s2)CC1)N1CCc2n[nH]nc2C1. The number of likely N-dealkylation sites (tertiary alicyclic amines) is 1. The molecule has 0 unspecified atom stereocenters. The third kappa shape index (κ3) is 4.67. The molecule has 2 aromatic heterocycles. The minimum absolute atomic E-state index is 0.0460. The molecule has 2 N–H and O–H groups in total. The zero-order chi connectivity index (χ0) is 23.8. The van der Waals surface area contributed by atoms with Crippen LogP contribution in [0.4, 0.5) is 5.13 Å². The summed E-state index contributed by atoms with van der Waals surface area (Å²) in [6, 6.07) is 8.86. The lowest BCUT2D eigenvalue weighted by Gasteiger charge is -2.33. The van der Waals surface area contributed by atoms with Gasteiger partial charge in [-0.2, -0.15) is 15.4 Å². The minimum atomic E-state index is 0.0460. The zero-order valence-corrected chi connectivity index (χ0v) is 20.4. The number of nitrogens with zero attached hydrogens (tertiary/aromatic N) is 5. The summed E-state index contributed by atoms with van der Waals surface area (Å²) in [7, 11) is 0. The van der Waals surface area contributed by atoms with Gasteiger partial charge < -0.3 is 15.1 Å². The Morgan fingerprint density at radius 2 is 1.77 bits per heavy atom. The van der Waals surface area contributed by atoms with E-state index in [-0.39, 0.29) is 11.8 Å². The normalized spacial score (nSPS) is 18.4. The van der Waals surface area contributed by atoms with E-state index in [1.54, 1.807) is 6.20 Å². The number of rotatable bonds is 5. The van der Waals surface area contributed by atoms with Gasteiger partial charge in [0.2, 0.25) is 5.91 Å². The third-order valence-corrected chi connectivity index (χ3v) is 8.39. The lowest BCUT2D eigenvalue weighted by Crippen LogP contribution is -2.41. The monoisotopic (exact) mass is 491 g/mol. The van der Waals surface area contributed by atoms with Gasteiger partial charge in [-0.25, -0.2) is 4.98 Å². The van der Waals surface area contributed by atoms with Gasteiger partial charge in [0, 0.05) is 38.5 Å². The Kier molecular flexibility index (Phi) is 5.97. The van der Waals surface area contributed by atoms with Crippen molar-refractivity contribution in [3.63, 3.8) is 0 Å². The van der Waals surface area contributed by atoms with Crippen LogP contribution in [-0.2, 0) is 30.6 Å². The summed E-state index contributed by atoms with van der Waals surface area (Å²) < 4.78 is 0. The summed E-state index contributed by atoms with van der Waals surface area (Å²) in [4.78, 5) is 34.8. The molecule has 1 saturated heterocycles. The molecule has 1 aliphatic carbocycles. The van der Waals surface area contributed by atoms with Crippen LogP contribution in [0.5, 0.6) is 0 Å². The molecule has 3 aliphatic rings. The maximum Gasteiger partial charge on any atom is 0.265 e. The van der Waals surface area contributed by atoms with Gasteiger partial charge in [0.25, 0.3) is 5.91 Å². The lowest BCUT2D eigenvalue weighted by molar-refractivity contribution is -0.133. The molecule has 0 saturated carbocycles. The number of amides is 2. The van der Waals surface area contributed by atoms with E-state index in [0.717, 1.165) is 48.6 Å². The second kappa shape index (κ2) is 9.41. The molecule has 0 atom stereocenters. The standard InChI is InChI=1S/C25H29N7O2S/c33-23(32-10-7-20-21(15-32)29-30-28-20)11-16-5-8-31(9-6-16)24(34)22-14-26-25(35-22)27-19-12-17-3-1-2-4-18(17)13-19/h1-4,14,16,19H,5-13,15H2,(H,26,27)(H,28,29,30). The molecule has 0 radical (unpaired) electrons. The van der Waals surface area contributed by atoms with Crippen molar-refractivity contribution < 1.29 is 9.59 Å². The summed E-state index contributed by atoms with van der Waals surface area (Å²) in [5.41, 5.74) is 4.63. The topological polar surface area (TPSA) is 107 Å². The van der Waals surface area contributed by atoms with Crippen molar-refractivity contribution in [1.29, 1.82) is 0 Å². The van der Waals surface area contributed by atoms with Crippen LogP contribution in [0.2, 0.25) is 0 Å². The van der Waals surface area contributed by atoms with Crippen molar-refractivity contribution >= 4 is 28.3 Å². The average Bonchev–Trinajstić information content (AvgIpc) is 3.63. The van der Waals surface area contributed by atoms with Crippen molar-refractivity contribution in [3.8, 4) is 0 Å². The van der Waals surface area contributed by atoms with Crippen LogP contribution >= 0.6 is 11.3 Å². The van der Waals surface area contributed by atoms with E-state index in [0.29, 0.717) is 49.4 Å². The first-order valence-corrected chi connectivity index (χ1v) is 13.2. The number of carbonyl (C=O) groups excluding carboxylic acids is 2. The number of aromatic nitrogens is 4. The molecule has 1 fully saturated rings. The van der Waals surface area contributed by atoms with Gasteiger partial charge in [-0.05, 0) is 42.7 Å². The molecule has 0 spiro atoms. The molecule has 2 amide bonds. The fourth-order valence-electron chi connectivity index (χ4n) is 5.46. The lowest BCUT2D eigenvalue weighted by atomic mass is 9.92. The van der Waals surface area contributed by atoms with Crippen molar-refractivity contribution in [2.75, 3.05) is 25.0 Å². The molecule has 6 rings (SSSR count). The number of hydrogen-bond donors (Lipinski definition) is 2. The Morgan fingerprint density at radius 3 is 2.54 bits per heavy atom. The Hall–Kier alpha value is -3.27. The van der Waals surface area contributed by atoms with Gasteiger partial charge in [0.15, 0.2) is 5.13 Å². The zero-order valence-electron chi connectivity index (χ0n) is 19.6. The fraction of sp³-hybridized carbons (Fsp3) is 0.480. The van der Waals surface area contributed by atoms with Crippen molar-refractivity contribution in [3.05, 3.63) is 57.9 Å². The van der Waals surface area contributed by atoms with E-state index in [1.807, 2.05) is 9.80 Å². The van der Waals surface area contributed by atoms with Crippen LogP contribution in [0.1, 0.15) is 51.4 Å². The molecule has 182 valence electrons. The Balaban J connectivity index is 0.979. The van der Waals surface area contributed by atoms with Crippen LogP contribution in [0, 0.1) is 5.92 Å². The molecule has 0 bridgehead atoms. The highest BCUT2D eigenvalue weighted by atomic mass is 32.1. The number of piperidine rings is 1. The number of anilines is 1. The number of aromatic amines is 1. The fourth-order valence-corrected chi connectivity index (χ4v) is 6.32. The van der Waals surface area contributed by atoms with Gasteiger partial charge in [-0.3, -0.25) is 9.59 Å². The molecule has 3 aromatic rings. The van der Waals surface area contributed by atoms with Crippen LogP contribution < -0.4 is 5.32 Å². The smallest absolute Gasteiger partial charge is 0.265 e. The van der Waals surface area contributed by atoms with Gasteiger partial charge in [-0.15, -0.1) is 0 Å². The molecule has 1 aromatic carbocycles. The highest BCUT2D eigenvalue weighted by Crippen LogP contribution is 2.29. The van der Waals surface area contributed by atoms with E-state index < -0.39 is 0 Å². The van der Waals surface area contributed by atoms with Gasteiger partial charge in [0.05, 0.1) is 18.4 Å². The second-order valence-corrected chi connectivity index (χ2v) is 10.8. The molecule has 10 heteroatoms. The van der Waals surface area contributed by atoms with Crippen molar-refractivity contribution in [2.24, 2.45) is 5.92 Å². The maximum atomic E-state index is 13.1. The van der Waals surface area contributed by atoms with E-state index in [2.05, 4.69) is 50.0 Å². The van der Waals surface area contributed by atoms with Crippen LogP contribution in [0.25, 0.3) is 0 Å². The number of thiazole rings is 1. The number of benzene rings is 1. The summed E-state index contributed by atoms with van der Waals surface area (Å²) in [6.45, 7) is 2.60. The number of carbonyl (C=O) groups is 2. The molecular weight excluding hydrogens is 462 g/mol. The van der Waals surface area contributed by atoms with Gasteiger partial charge >= 0.3 is 0 Å². The summed E-state index contributed by atoms with van der Waals surface area (Å²) in [5.74, 6) is 0.535. The predicted molar refractivity (Wildman–Crippen MR) is 132 cm³/mol. The third-order valence-electron chi connectivity index (χ3n) is 7.48. The quantitative estimate of drug-likeness (QED) is 0.568. The van der Waals surface area contributed by atoms with Crippen LogP contribution in [0.15, 0.2) is 30.5 Å². The first kappa shape index (κ1) is 22.2. The molecular formula is C25H29N7O2S. The van der Waals surface area contributed by atoms with E-state index in [1.165, 1.54) is 22.5 Å². The highest BCUT2D eigenvalue weighted by molar-refractivity contribution is 7.17. The molecule has 9 nitrogen and oxygen atoms in total. The van der Waals surface area contributed by atoms with Gasteiger partial charge in [-0.1, -0.05) is 35.6 Å². The van der Waals surface area contributed by atoms with Gasteiger partial charge in [0.1, 0.15) is 10.6 Å². The highest BCUT2D eigenvalue weighted by Gasteiger charge is 2.30. The molecule has 2 aliphatic heterocycles. The van der Waals surface area contributed by atoms with Crippen LogP contribution in [0.3, 0.4) is 0 Å². The Bertz CT molecular complexity index is 1200. The van der Waals surface area contributed by atoms with Crippen molar-refractivity contribution in [2.45, 2.75) is 51.1 Å². The minimum Gasteiger partial charge on any atom is -0.358 e. The van der Waals surface area contributed by atoms with E-state index in [9.17, 15) is 9.59 Å². The average molecular weight is 492 g/mol. The Morgan fingerprint density at radius 1 is 1.03 bits per heavy atom. The van der Waals surface area contributed by atoms with Crippen molar-refractivity contribution in [1.82, 2.24) is 30.2 Å². The second-order valence-electron chi connectivity index (χ2n) is 9.77. The number of nitrogens with one attached hydrogen (secondary N) is 2. The molecule has 4 heterocycles. The summed E-state index contributed by atoms with van der Waals surface area (Å²) >= 11 is 1.44. The van der Waals surface area contributed by atoms with E-state index in [4.69, 9.17) is 0 Å². The van der Waals surface area contributed by atoms with E-state index >= 15 is 0 Å². The Labute approximate surface area is 207 Å². The first-order chi connectivity index (χ1) is 17.1. The number of H-pyrrole nitrogens is 1. The summed E-state index contributed by atoms with van der Waals surface area (Å²) in [5, 5.41) is 15.3. The maximum absolute atomic E-state index is 13.1.